The van der Waals surface area contributed by atoms with Gasteiger partial charge in [-0.2, -0.15) is 0 Å². The molecule has 2 aliphatic carbocycles. The predicted molar refractivity (Wildman–Crippen MR) is 113 cm³/mol. The fourth-order valence-corrected chi connectivity index (χ4v) is 6.79. The predicted octanol–water partition coefficient (Wildman–Crippen LogP) is 2.51. The minimum absolute atomic E-state index is 0.0241. The van der Waals surface area contributed by atoms with Gasteiger partial charge in [0.15, 0.2) is 0 Å². The van der Waals surface area contributed by atoms with Crippen molar-refractivity contribution >= 4 is 58.2 Å². The van der Waals surface area contributed by atoms with E-state index >= 15 is 0 Å². The van der Waals surface area contributed by atoms with Gasteiger partial charge in [0.25, 0.3) is 0 Å². The van der Waals surface area contributed by atoms with Crippen LogP contribution in [0.4, 0.5) is 0 Å². The van der Waals surface area contributed by atoms with Gasteiger partial charge < -0.3 is 0 Å². The van der Waals surface area contributed by atoms with Crippen molar-refractivity contribution in [1.82, 2.24) is 4.98 Å². The summed E-state index contributed by atoms with van der Waals surface area (Å²) >= 11 is 2.46. The van der Waals surface area contributed by atoms with Crippen LogP contribution in [0.25, 0.3) is 0 Å². The third-order valence-electron chi connectivity index (χ3n) is 5.38. The summed E-state index contributed by atoms with van der Waals surface area (Å²) in [5.41, 5.74) is 2.34. The molecule has 3 aromatic rings. The van der Waals surface area contributed by atoms with Crippen molar-refractivity contribution in [3.63, 3.8) is 0 Å². The van der Waals surface area contributed by atoms with Crippen LogP contribution < -0.4 is 9.05 Å². The Morgan fingerprint density at radius 1 is 0.889 bits per heavy atom. The summed E-state index contributed by atoms with van der Waals surface area (Å²) in [6.45, 7) is 0. The number of rotatable bonds is 2. The van der Waals surface area contributed by atoms with Crippen LogP contribution in [0.2, 0.25) is 0 Å². The molecule has 0 aliphatic heterocycles. The molecule has 0 N–H and O–H groups in total. The van der Waals surface area contributed by atoms with Crippen molar-refractivity contribution in [2.75, 3.05) is 0 Å². The fourth-order valence-electron chi connectivity index (χ4n) is 4.05. The number of fused-ring (bicyclic) bond motifs is 2. The average Bonchev–Trinajstić information content (AvgIpc) is 3.16. The number of ketones is 2. The molecule has 2 aromatic carbocycles. The van der Waals surface area contributed by atoms with E-state index in [2.05, 4.69) is 51.8 Å². The van der Waals surface area contributed by atoms with Gasteiger partial charge in [-0.15, -0.1) is 0 Å². The molecular weight excluding hydrogens is 516 g/mol. The number of benzene rings is 2. The summed E-state index contributed by atoms with van der Waals surface area (Å²) in [5, 5.41) is 0. The van der Waals surface area contributed by atoms with Gasteiger partial charge in [-0.1, -0.05) is 0 Å². The van der Waals surface area contributed by atoms with E-state index in [1.54, 1.807) is 12.1 Å². The number of carbonyl (C=O) groups excluding carboxylic acids is 2. The molecule has 5 heteroatoms. The van der Waals surface area contributed by atoms with Crippen molar-refractivity contribution in [3.8, 4) is 0 Å². The average molecular weight is 530 g/mol. The number of halogens is 1. The van der Waals surface area contributed by atoms with Crippen LogP contribution in [0.3, 0.4) is 0 Å². The van der Waals surface area contributed by atoms with Crippen molar-refractivity contribution in [3.05, 3.63) is 86.6 Å². The Morgan fingerprint density at radius 3 is 2.22 bits per heavy atom. The summed E-state index contributed by atoms with van der Waals surface area (Å²) in [5.74, 6) is -0.0482. The molecule has 1 spiro atoms. The fraction of sp³-hybridized carbons (Fsp3) is 0.136. The third-order valence-corrected chi connectivity index (χ3v) is 9.26. The van der Waals surface area contributed by atoms with Gasteiger partial charge in [0.05, 0.1) is 0 Å². The molecule has 1 heterocycles. The number of hydrogen-bond donors (Lipinski definition) is 0. The Labute approximate surface area is 176 Å². The Kier molecular flexibility index (Phi) is 4.08. The number of hydrogen-bond acceptors (Lipinski definition) is 3. The molecule has 5 rings (SSSR count). The summed E-state index contributed by atoms with van der Waals surface area (Å²) < 4.78 is 3.58. The van der Waals surface area contributed by atoms with Gasteiger partial charge in [0.2, 0.25) is 0 Å². The molecule has 3 nitrogen and oxygen atoms in total. The molecule has 0 atom stereocenters. The second-order valence-electron chi connectivity index (χ2n) is 6.96. The van der Waals surface area contributed by atoms with Crippen LogP contribution in [-0.2, 0) is 12.8 Å². The zero-order valence-electron chi connectivity index (χ0n) is 14.2. The normalized spacial score (nSPS) is 16.6. The molecule has 0 amide bonds. The van der Waals surface area contributed by atoms with E-state index in [1.807, 2.05) is 24.4 Å². The monoisotopic (exact) mass is 531 g/mol. The number of aromatic nitrogens is 1. The van der Waals surface area contributed by atoms with E-state index < -0.39 is 5.41 Å². The minimum atomic E-state index is -0.944. The third kappa shape index (κ3) is 2.64. The van der Waals surface area contributed by atoms with Gasteiger partial charge in [0, 0.05) is 0 Å². The van der Waals surface area contributed by atoms with Crippen LogP contribution in [0, 0.1) is 8.99 Å². The van der Waals surface area contributed by atoms with Crippen molar-refractivity contribution in [2.45, 2.75) is 12.8 Å². The molecule has 132 valence electrons. The Morgan fingerprint density at radius 2 is 1.52 bits per heavy atom. The zero-order valence-corrected chi connectivity index (χ0v) is 18.1. The topological polar surface area (TPSA) is 47.0 Å². The molecule has 2 aliphatic rings. The molecule has 0 saturated heterocycles. The van der Waals surface area contributed by atoms with Gasteiger partial charge >= 0.3 is 178 Å². The maximum atomic E-state index is 13.1. The van der Waals surface area contributed by atoms with Crippen LogP contribution in [0.1, 0.15) is 31.8 Å². The van der Waals surface area contributed by atoms with E-state index in [4.69, 9.17) is 0 Å². The Bertz CT molecular complexity index is 1090. The van der Waals surface area contributed by atoms with Crippen LogP contribution in [-0.4, -0.2) is 31.5 Å². The number of nitrogens with zero attached hydrogens (tertiary/aromatic N) is 1. The maximum absolute atomic E-state index is 13.1. The summed E-state index contributed by atoms with van der Waals surface area (Å²) in [6, 6.07) is 17.6. The molecule has 1 aromatic heterocycles. The molecule has 0 fully saturated rings. The Balaban J connectivity index is 1.49. The quantitative estimate of drug-likeness (QED) is 0.291. The molecule has 0 bridgehead atoms. The van der Waals surface area contributed by atoms with E-state index in [0.717, 1.165) is 15.7 Å². The summed E-state index contributed by atoms with van der Waals surface area (Å²) in [7, 11) is 0. The van der Waals surface area contributed by atoms with Crippen molar-refractivity contribution < 1.29 is 9.59 Å². The van der Waals surface area contributed by atoms with Crippen LogP contribution in [0.15, 0.2) is 60.8 Å². The first-order valence-electron chi connectivity index (χ1n) is 8.67. The number of Topliss-reactive ketones (excluding diaryl/α,β-unsaturated/α-hetero) is 2. The molecule has 0 unspecified atom stereocenters. The van der Waals surface area contributed by atoms with Crippen molar-refractivity contribution in [1.29, 1.82) is 0 Å². The first-order valence-corrected chi connectivity index (χ1v) is 11.5. The van der Waals surface area contributed by atoms with E-state index in [0.29, 0.717) is 24.0 Å². The second kappa shape index (κ2) is 6.36. The van der Waals surface area contributed by atoms with Gasteiger partial charge in [-0.25, -0.2) is 0 Å². The van der Waals surface area contributed by atoms with E-state index in [1.165, 1.54) is 8.03 Å². The van der Waals surface area contributed by atoms with E-state index in [-0.39, 0.29) is 26.5 Å². The molecule has 0 saturated carbocycles. The zero-order chi connectivity index (χ0) is 18.6. The summed E-state index contributed by atoms with van der Waals surface area (Å²) in [6.07, 6.45) is 2.84. The molecule has 27 heavy (non-hydrogen) atoms. The standard InChI is InChI=1S/C22H14INO2Se/c23-17-7-3-4-8-18(17)27-19-9-13-10-22(11-14(13)12-24-19)20(25)15-5-1-2-6-16(15)21(22)26/h1-9,12H,10-11H2. The second-order valence-corrected chi connectivity index (χ2v) is 10.4. The van der Waals surface area contributed by atoms with Gasteiger partial charge in [-0.05, 0) is 0 Å². The molecular formula is C22H14INO2Se. The van der Waals surface area contributed by atoms with E-state index in [9.17, 15) is 9.59 Å². The first-order chi connectivity index (χ1) is 13.1. The number of pyridine rings is 1. The Hall–Kier alpha value is -1.82. The molecule has 0 radical (unpaired) electrons. The van der Waals surface area contributed by atoms with Gasteiger partial charge in [0.1, 0.15) is 0 Å². The van der Waals surface area contributed by atoms with Crippen LogP contribution >= 0.6 is 22.6 Å². The van der Waals surface area contributed by atoms with Crippen molar-refractivity contribution in [2.24, 2.45) is 5.41 Å². The SMILES string of the molecule is O=C1c2ccccc2C(=O)C12Cc1cnc([Se]c3ccccc3I)cc1C2. The first kappa shape index (κ1) is 17.3. The summed E-state index contributed by atoms with van der Waals surface area (Å²) in [4.78, 5) is 30.8. The van der Waals surface area contributed by atoms with Gasteiger partial charge in [-0.3, -0.25) is 0 Å². The number of carbonyl (C=O) groups is 2. The van der Waals surface area contributed by atoms with Crippen LogP contribution in [0.5, 0.6) is 0 Å².